The minimum absolute atomic E-state index is 0.0689. The van der Waals surface area contributed by atoms with Crippen molar-refractivity contribution in [2.45, 2.75) is 45.2 Å². The number of hydrogen-bond acceptors (Lipinski definition) is 0. The zero-order valence-corrected chi connectivity index (χ0v) is 7.55. The van der Waals surface area contributed by atoms with Crippen LogP contribution in [0.4, 0.5) is 13.2 Å². The van der Waals surface area contributed by atoms with Gasteiger partial charge in [0.15, 0.2) is 0 Å². The van der Waals surface area contributed by atoms with Crippen molar-refractivity contribution < 1.29 is 13.2 Å². The van der Waals surface area contributed by atoms with Gasteiger partial charge in [0, 0.05) is 12.0 Å². The molecule has 0 saturated heterocycles. The van der Waals surface area contributed by atoms with Crippen molar-refractivity contribution in [2.75, 3.05) is 0 Å². The minimum atomic E-state index is -2.93. The number of alkyl halides is 3. The maximum Gasteiger partial charge on any atom is 0.272 e. The molecule has 1 fully saturated rings. The fourth-order valence-electron chi connectivity index (χ4n) is 1.91. The normalized spacial score (nSPS) is 34.0. The van der Waals surface area contributed by atoms with Crippen molar-refractivity contribution in [1.82, 2.24) is 0 Å². The Morgan fingerprint density at radius 3 is 1.83 bits per heavy atom. The smallest absolute Gasteiger partial charge is 0.239 e. The number of allylic oxidation sites excluding steroid dienone is 2. The van der Waals surface area contributed by atoms with Crippen molar-refractivity contribution in [3.05, 3.63) is 11.1 Å². The molecule has 0 N–H and O–H groups in total. The van der Waals surface area contributed by atoms with Crippen LogP contribution in [0.5, 0.6) is 0 Å². The van der Waals surface area contributed by atoms with Crippen molar-refractivity contribution in [1.29, 1.82) is 0 Å². The highest BCUT2D eigenvalue weighted by molar-refractivity contribution is 5.32. The van der Waals surface area contributed by atoms with Crippen molar-refractivity contribution >= 4 is 0 Å². The van der Waals surface area contributed by atoms with Gasteiger partial charge < -0.3 is 0 Å². The van der Waals surface area contributed by atoms with Gasteiger partial charge in [-0.3, -0.25) is 0 Å². The van der Waals surface area contributed by atoms with E-state index in [9.17, 15) is 13.2 Å². The lowest BCUT2D eigenvalue weighted by Gasteiger charge is -2.20. The van der Waals surface area contributed by atoms with Crippen LogP contribution in [-0.4, -0.2) is 11.6 Å². The molecular formula is C9H13F3. The number of hydrogen-bond donors (Lipinski definition) is 0. The van der Waals surface area contributed by atoms with E-state index in [1.165, 1.54) is 20.8 Å². The van der Waals surface area contributed by atoms with Crippen LogP contribution in [-0.2, 0) is 0 Å². The van der Waals surface area contributed by atoms with Gasteiger partial charge in [0.1, 0.15) is 5.67 Å². The molecule has 0 aromatic carbocycles. The van der Waals surface area contributed by atoms with Gasteiger partial charge in [0.25, 0.3) is 5.92 Å². The zero-order valence-electron chi connectivity index (χ0n) is 7.55. The summed E-state index contributed by atoms with van der Waals surface area (Å²) in [6, 6.07) is 0. The van der Waals surface area contributed by atoms with E-state index in [4.69, 9.17) is 0 Å². The summed E-state index contributed by atoms with van der Waals surface area (Å²) in [6.45, 7) is 4.30. The van der Waals surface area contributed by atoms with E-state index in [0.717, 1.165) is 0 Å². The summed E-state index contributed by atoms with van der Waals surface area (Å²) in [5.74, 6) is -2.93. The monoisotopic (exact) mass is 178 g/mol. The van der Waals surface area contributed by atoms with E-state index in [1.54, 1.807) is 0 Å². The molecule has 0 aliphatic heterocycles. The van der Waals surface area contributed by atoms with Crippen LogP contribution in [0.1, 0.15) is 33.6 Å². The lowest BCUT2D eigenvalue weighted by Crippen LogP contribution is -2.24. The number of halogens is 3. The molecule has 1 rings (SSSR count). The molecule has 3 heteroatoms. The molecule has 12 heavy (non-hydrogen) atoms. The van der Waals surface area contributed by atoms with Crippen molar-refractivity contribution in [3.63, 3.8) is 0 Å². The third kappa shape index (κ3) is 1.37. The quantitative estimate of drug-likeness (QED) is 0.498. The molecule has 0 aromatic rings. The average molecular weight is 178 g/mol. The molecule has 0 nitrogen and oxygen atoms in total. The Kier molecular flexibility index (Phi) is 2.01. The molecule has 0 spiro atoms. The predicted octanol–water partition coefficient (Wildman–Crippen LogP) is 3.48. The summed E-state index contributed by atoms with van der Waals surface area (Å²) >= 11 is 0. The third-order valence-electron chi connectivity index (χ3n) is 2.30. The third-order valence-corrected chi connectivity index (χ3v) is 2.30. The Morgan fingerprint density at radius 2 is 1.67 bits per heavy atom. The lowest BCUT2D eigenvalue weighted by atomic mass is 9.96. The summed E-state index contributed by atoms with van der Waals surface area (Å²) in [5, 5.41) is 0. The van der Waals surface area contributed by atoms with Crippen LogP contribution in [0, 0.1) is 0 Å². The molecule has 0 aromatic heterocycles. The lowest BCUT2D eigenvalue weighted by molar-refractivity contribution is 0.0439. The molecule has 0 bridgehead atoms. The molecule has 1 saturated carbocycles. The summed E-state index contributed by atoms with van der Waals surface area (Å²) in [6.07, 6.45) is -0.430. The summed E-state index contributed by atoms with van der Waals surface area (Å²) < 4.78 is 39.6. The molecule has 0 radical (unpaired) electrons. The van der Waals surface area contributed by atoms with Gasteiger partial charge >= 0.3 is 0 Å². The van der Waals surface area contributed by atoms with Gasteiger partial charge in [0.2, 0.25) is 0 Å². The highest BCUT2D eigenvalue weighted by Crippen LogP contribution is 2.49. The topological polar surface area (TPSA) is 0 Å². The van der Waals surface area contributed by atoms with E-state index >= 15 is 0 Å². The van der Waals surface area contributed by atoms with Crippen molar-refractivity contribution in [3.8, 4) is 0 Å². The molecule has 1 aliphatic rings. The Hall–Kier alpha value is -0.470. The minimum Gasteiger partial charge on any atom is -0.239 e. The van der Waals surface area contributed by atoms with E-state index < -0.39 is 11.6 Å². The molecular weight excluding hydrogens is 165 g/mol. The first-order valence-electron chi connectivity index (χ1n) is 4.02. The molecule has 1 atom stereocenters. The van der Waals surface area contributed by atoms with E-state index in [1.807, 2.05) is 0 Å². The van der Waals surface area contributed by atoms with Crippen LogP contribution in [0.3, 0.4) is 0 Å². The van der Waals surface area contributed by atoms with Gasteiger partial charge in [-0.1, -0.05) is 5.57 Å². The van der Waals surface area contributed by atoms with Crippen LogP contribution >= 0.6 is 0 Å². The summed E-state index contributed by atoms with van der Waals surface area (Å²) in [4.78, 5) is 0. The van der Waals surface area contributed by atoms with Crippen LogP contribution in [0.15, 0.2) is 11.1 Å². The first-order valence-corrected chi connectivity index (χ1v) is 4.02. The average Bonchev–Trinajstić information content (AvgIpc) is 2.01. The first-order chi connectivity index (χ1) is 5.27. The summed E-state index contributed by atoms with van der Waals surface area (Å²) in [5.41, 5.74) is -1.71. The SMILES string of the molecule is CC(C)=C1C(C)(F)CCC1(F)F. The fraction of sp³-hybridized carbons (Fsp3) is 0.778. The Labute approximate surface area is 70.5 Å². The zero-order chi connectivity index (χ0) is 9.57. The van der Waals surface area contributed by atoms with E-state index in [-0.39, 0.29) is 18.4 Å². The Morgan fingerprint density at radius 1 is 1.17 bits per heavy atom. The molecule has 1 unspecified atom stereocenters. The molecule has 70 valence electrons. The van der Waals surface area contributed by atoms with Gasteiger partial charge in [0.05, 0.1) is 0 Å². The second-order valence-corrected chi connectivity index (χ2v) is 3.78. The highest BCUT2D eigenvalue weighted by Gasteiger charge is 2.52. The van der Waals surface area contributed by atoms with Crippen LogP contribution < -0.4 is 0 Å². The first kappa shape index (κ1) is 9.62. The molecule has 0 amide bonds. The largest absolute Gasteiger partial charge is 0.272 e. The maximum atomic E-state index is 13.5. The van der Waals surface area contributed by atoms with Crippen LogP contribution in [0.25, 0.3) is 0 Å². The Balaban J connectivity index is 3.15. The predicted molar refractivity (Wildman–Crippen MR) is 42.1 cm³/mol. The highest BCUT2D eigenvalue weighted by atomic mass is 19.3. The van der Waals surface area contributed by atoms with Gasteiger partial charge in [-0.2, -0.15) is 0 Å². The molecule has 1 aliphatic carbocycles. The van der Waals surface area contributed by atoms with E-state index in [0.29, 0.717) is 5.57 Å². The van der Waals surface area contributed by atoms with Gasteiger partial charge in [-0.15, -0.1) is 0 Å². The maximum absolute atomic E-state index is 13.5. The second kappa shape index (κ2) is 2.51. The van der Waals surface area contributed by atoms with Crippen molar-refractivity contribution in [2.24, 2.45) is 0 Å². The summed E-state index contributed by atoms with van der Waals surface area (Å²) in [7, 11) is 0. The van der Waals surface area contributed by atoms with Gasteiger partial charge in [-0.25, -0.2) is 13.2 Å². The molecule has 0 heterocycles. The van der Waals surface area contributed by atoms with Crippen LogP contribution in [0.2, 0.25) is 0 Å². The number of rotatable bonds is 0. The fourth-order valence-corrected chi connectivity index (χ4v) is 1.91. The Bertz CT molecular complexity index is 204. The standard InChI is InChI=1S/C9H13F3/c1-6(2)7-8(3,10)4-5-9(7,11)12/h4-5H2,1-3H3. The van der Waals surface area contributed by atoms with Gasteiger partial charge in [-0.05, 0) is 27.2 Å². The van der Waals surface area contributed by atoms with E-state index in [2.05, 4.69) is 0 Å². The second-order valence-electron chi connectivity index (χ2n) is 3.78.